The lowest BCUT2D eigenvalue weighted by Gasteiger charge is -2.06. The van der Waals surface area contributed by atoms with E-state index in [0.717, 1.165) is 10.8 Å². The molecule has 2 aromatic carbocycles. The van der Waals surface area contributed by atoms with E-state index in [0.29, 0.717) is 5.75 Å². The lowest BCUT2D eigenvalue weighted by atomic mass is 10.1. The number of rotatable bonds is 3. The van der Waals surface area contributed by atoms with Crippen molar-refractivity contribution in [1.82, 2.24) is 4.98 Å². The number of aromatic nitrogens is 1. The van der Waals surface area contributed by atoms with Crippen LogP contribution < -0.4 is 4.74 Å². The largest absolute Gasteiger partial charge is 0.439 e. The molecule has 0 atom stereocenters. The zero-order valence-corrected chi connectivity index (χ0v) is 11.3. The van der Waals surface area contributed by atoms with Crippen molar-refractivity contribution in [3.05, 3.63) is 70.4 Å². The van der Waals surface area contributed by atoms with Crippen LogP contribution in [-0.4, -0.2) is 9.91 Å². The molecule has 0 aliphatic rings. The van der Waals surface area contributed by atoms with E-state index in [9.17, 15) is 10.1 Å². The van der Waals surface area contributed by atoms with Gasteiger partial charge in [0.05, 0.1) is 4.92 Å². The van der Waals surface area contributed by atoms with Crippen LogP contribution in [0, 0.1) is 21.4 Å². The number of ether oxygens (including phenoxy) is 1. The zero-order chi connectivity index (χ0) is 15.5. The van der Waals surface area contributed by atoms with Gasteiger partial charge in [0.2, 0.25) is 11.6 Å². The quantitative estimate of drug-likeness (QED) is 0.540. The van der Waals surface area contributed by atoms with Crippen molar-refractivity contribution >= 4 is 16.5 Å². The van der Waals surface area contributed by atoms with E-state index in [2.05, 4.69) is 4.98 Å². The first kappa shape index (κ1) is 13.5. The van der Waals surface area contributed by atoms with Crippen LogP contribution in [0.2, 0.25) is 0 Å². The summed E-state index contributed by atoms with van der Waals surface area (Å²) in [7, 11) is 0. The van der Waals surface area contributed by atoms with Gasteiger partial charge in [0.15, 0.2) is 0 Å². The van der Waals surface area contributed by atoms with Gasteiger partial charge in [-0.05, 0) is 22.9 Å². The number of hydrogen-bond donors (Lipinski definition) is 0. The average molecular weight is 291 g/mol. The molecule has 3 aromatic rings. The van der Waals surface area contributed by atoms with E-state index in [1.54, 1.807) is 12.1 Å². The molecule has 0 bridgehead atoms. The number of nitro groups is 1. The molecule has 1 aromatic heterocycles. The second-order valence-electron chi connectivity index (χ2n) is 4.50. The summed E-state index contributed by atoms with van der Waals surface area (Å²) >= 11 is 0. The Morgan fingerprint density at radius 3 is 2.59 bits per heavy atom. The van der Waals surface area contributed by atoms with E-state index in [4.69, 9.17) is 10.00 Å². The summed E-state index contributed by atoms with van der Waals surface area (Å²) in [5, 5.41) is 21.8. The van der Waals surface area contributed by atoms with Gasteiger partial charge < -0.3 is 4.74 Å². The number of nitrogens with zero attached hydrogens (tertiary/aromatic N) is 3. The highest BCUT2D eigenvalue weighted by molar-refractivity contribution is 5.83. The summed E-state index contributed by atoms with van der Waals surface area (Å²) in [6.45, 7) is 0. The number of nitriles is 1. The molecule has 22 heavy (non-hydrogen) atoms. The molecular formula is C16H9N3O3. The lowest BCUT2D eigenvalue weighted by molar-refractivity contribution is -0.385. The van der Waals surface area contributed by atoms with Gasteiger partial charge in [0.25, 0.3) is 0 Å². The molecule has 0 N–H and O–H groups in total. The van der Waals surface area contributed by atoms with Crippen molar-refractivity contribution in [3.8, 4) is 17.7 Å². The van der Waals surface area contributed by atoms with E-state index >= 15 is 0 Å². The fourth-order valence-corrected chi connectivity index (χ4v) is 2.07. The summed E-state index contributed by atoms with van der Waals surface area (Å²) in [6.07, 6.45) is 0. The Bertz CT molecular complexity index is 916. The third kappa shape index (κ3) is 2.55. The molecule has 0 fully saturated rings. The van der Waals surface area contributed by atoms with E-state index < -0.39 is 4.92 Å². The highest BCUT2D eigenvalue weighted by Gasteiger charge is 2.16. The van der Waals surface area contributed by atoms with Gasteiger partial charge >= 0.3 is 5.69 Å². The van der Waals surface area contributed by atoms with Crippen molar-refractivity contribution < 1.29 is 9.66 Å². The lowest BCUT2D eigenvalue weighted by Crippen LogP contribution is -1.97. The molecular weight excluding hydrogens is 282 g/mol. The van der Waals surface area contributed by atoms with Crippen LogP contribution in [0.25, 0.3) is 10.8 Å². The molecule has 6 nitrogen and oxygen atoms in total. The standard InChI is InChI=1S/C16H9N3O3/c17-10-14-15(19(20)21)7-8-16(18-14)22-13-6-5-11-3-1-2-4-12(11)9-13/h1-9H. The van der Waals surface area contributed by atoms with Gasteiger partial charge in [0, 0.05) is 12.1 Å². The van der Waals surface area contributed by atoms with E-state index in [-0.39, 0.29) is 17.3 Å². The summed E-state index contributed by atoms with van der Waals surface area (Å²) < 4.78 is 5.58. The minimum absolute atomic E-state index is 0.137. The maximum atomic E-state index is 10.8. The van der Waals surface area contributed by atoms with Crippen LogP contribution in [0.15, 0.2) is 54.6 Å². The van der Waals surface area contributed by atoms with Crippen LogP contribution in [-0.2, 0) is 0 Å². The molecule has 0 radical (unpaired) electrons. The van der Waals surface area contributed by atoms with Crippen molar-refractivity contribution in [2.24, 2.45) is 0 Å². The van der Waals surface area contributed by atoms with Gasteiger partial charge in [0.1, 0.15) is 11.8 Å². The van der Waals surface area contributed by atoms with Gasteiger partial charge in [-0.15, -0.1) is 0 Å². The minimum atomic E-state index is -0.647. The molecule has 3 rings (SSSR count). The molecule has 1 heterocycles. The van der Waals surface area contributed by atoms with Crippen molar-refractivity contribution in [2.45, 2.75) is 0 Å². The van der Waals surface area contributed by atoms with Crippen LogP contribution in [0.3, 0.4) is 0 Å². The molecule has 0 amide bonds. The first-order valence-electron chi connectivity index (χ1n) is 6.39. The van der Waals surface area contributed by atoms with E-state index in [1.807, 2.05) is 36.4 Å². The first-order valence-corrected chi connectivity index (χ1v) is 6.39. The SMILES string of the molecule is N#Cc1nc(Oc2ccc3ccccc3c2)ccc1[N+](=O)[O-]. The Morgan fingerprint density at radius 2 is 1.86 bits per heavy atom. The highest BCUT2D eigenvalue weighted by atomic mass is 16.6. The predicted octanol–water partition coefficient (Wildman–Crippen LogP) is 3.81. The summed E-state index contributed by atoms with van der Waals surface area (Å²) in [5.41, 5.74) is -0.614. The Hall–Kier alpha value is -3.46. The highest BCUT2D eigenvalue weighted by Crippen LogP contribution is 2.26. The van der Waals surface area contributed by atoms with Gasteiger partial charge in [-0.25, -0.2) is 0 Å². The molecule has 0 saturated carbocycles. The topological polar surface area (TPSA) is 89.0 Å². The summed E-state index contributed by atoms with van der Waals surface area (Å²) in [6, 6.07) is 17.6. The van der Waals surface area contributed by atoms with Gasteiger partial charge in [-0.1, -0.05) is 30.3 Å². The smallest absolute Gasteiger partial charge is 0.305 e. The van der Waals surface area contributed by atoms with Crippen molar-refractivity contribution in [2.75, 3.05) is 0 Å². The molecule has 0 saturated heterocycles. The number of hydrogen-bond acceptors (Lipinski definition) is 5. The minimum Gasteiger partial charge on any atom is -0.439 e. The Labute approximate surface area is 125 Å². The van der Waals surface area contributed by atoms with Crippen LogP contribution >= 0.6 is 0 Å². The first-order chi connectivity index (χ1) is 10.7. The summed E-state index contributed by atoms with van der Waals surface area (Å²) in [4.78, 5) is 14.0. The van der Waals surface area contributed by atoms with Crippen molar-refractivity contribution in [3.63, 3.8) is 0 Å². The molecule has 106 valence electrons. The third-order valence-electron chi connectivity index (χ3n) is 3.09. The zero-order valence-electron chi connectivity index (χ0n) is 11.3. The molecule has 0 spiro atoms. The Kier molecular flexibility index (Phi) is 3.38. The second kappa shape index (κ2) is 5.50. The Balaban J connectivity index is 1.94. The monoisotopic (exact) mass is 291 g/mol. The fraction of sp³-hybridized carbons (Fsp3) is 0. The molecule has 0 aliphatic carbocycles. The number of benzene rings is 2. The van der Waals surface area contributed by atoms with E-state index in [1.165, 1.54) is 12.1 Å². The molecule has 6 heteroatoms. The summed E-state index contributed by atoms with van der Waals surface area (Å²) in [5.74, 6) is 0.682. The van der Waals surface area contributed by atoms with Gasteiger partial charge in [-0.3, -0.25) is 10.1 Å². The normalized spacial score (nSPS) is 10.1. The third-order valence-corrected chi connectivity index (χ3v) is 3.09. The van der Waals surface area contributed by atoms with Crippen LogP contribution in [0.1, 0.15) is 5.69 Å². The maximum absolute atomic E-state index is 10.8. The number of pyridine rings is 1. The fourth-order valence-electron chi connectivity index (χ4n) is 2.07. The second-order valence-corrected chi connectivity index (χ2v) is 4.50. The number of fused-ring (bicyclic) bond motifs is 1. The maximum Gasteiger partial charge on any atom is 0.305 e. The predicted molar refractivity (Wildman–Crippen MR) is 79.6 cm³/mol. The average Bonchev–Trinajstić information content (AvgIpc) is 2.54. The van der Waals surface area contributed by atoms with Crippen molar-refractivity contribution in [1.29, 1.82) is 5.26 Å². The van der Waals surface area contributed by atoms with Gasteiger partial charge in [-0.2, -0.15) is 10.2 Å². The van der Waals surface area contributed by atoms with Crippen LogP contribution in [0.4, 0.5) is 5.69 Å². The van der Waals surface area contributed by atoms with Crippen LogP contribution in [0.5, 0.6) is 11.6 Å². The Morgan fingerprint density at radius 1 is 1.09 bits per heavy atom. The molecule has 0 unspecified atom stereocenters. The molecule has 0 aliphatic heterocycles.